The van der Waals surface area contributed by atoms with E-state index >= 15 is 0 Å². The normalized spacial score (nSPS) is 9.94. The summed E-state index contributed by atoms with van der Waals surface area (Å²) in [7, 11) is 0. The molecular formula is C12H15BrN2S. The van der Waals surface area contributed by atoms with Crippen LogP contribution in [0.5, 0.6) is 0 Å². The first-order chi connectivity index (χ1) is 7.08. The van der Waals surface area contributed by atoms with Crippen molar-refractivity contribution in [3.63, 3.8) is 0 Å². The molecule has 1 heterocycles. The first-order valence-electron chi connectivity index (χ1n) is 4.87. The van der Waals surface area contributed by atoms with Crippen LogP contribution in [0.4, 0.5) is 5.13 Å². The lowest BCUT2D eigenvalue weighted by molar-refractivity contribution is 1.28. The third-order valence-electron chi connectivity index (χ3n) is 2.64. The maximum atomic E-state index is 5.64. The third kappa shape index (κ3) is 2.44. The fourth-order valence-electron chi connectivity index (χ4n) is 1.65. The van der Waals surface area contributed by atoms with Gasteiger partial charge in [0.15, 0.2) is 5.13 Å². The highest BCUT2D eigenvalue weighted by molar-refractivity contribution is 8.93. The summed E-state index contributed by atoms with van der Waals surface area (Å²) in [6, 6.07) is 4.37. The zero-order valence-electron chi connectivity index (χ0n) is 9.57. The molecule has 0 atom stereocenters. The van der Waals surface area contributed by atoms with Crippen LogP contribution in [0.2, 0.25) is 0 Å². The van der Waals surface area contributed by atoms with E-state index in [4.69, 9.17) is 5.73 Å². The Morgan fingerprint density at radius 1 is 1.06 bits per heavy atom. The van der Waals surface area contributed by atoms with Crippen LogP contribution in [0.15, 0.2) is 17.5 Å². The Balaban J connectivity index is 0.00000128. The number of aryl methyl sites for hydroxylation is 3. The van der Waals surface area contributed by atoms with Gasteiger partial charge >= 0.3 is 0 Å². The van der Waals surface area contributed by atoms with Crippen LogP contribution in [0.3, 0.4) is 0 Å². The molecule has 0 aliphatic rings. The molecule has 86 valence electrons. The molecule has 2 rings (SSSR count). The summed E-state index contributed by atoms with van der Waals surface area (Å²) in [5, 5.41) is 2.63. The number of rotatable bonds is 1. The van der Waals surface area contributed by atoms with E-state index in [1.54, 1.807) is 0 Å². The first kappa shape index (κ1) is 13.2. The SMILES string of the molecule is Br.Cc1cc(C)c(-c2csc(N)n2)cc1C. The summed E-state index contributed by atoms with van der Waals surface area (Å²) in [5.74, 6) is 0. The standard InChI is InChI=1S/C12H14N2S.BrH/c1-7-4-9(3)10(5-8(7)2)11-6-15-12(13)14-11;/h4-6H,1-3H3,(H2,13,14);1H. The van der Waals surface area contributed by atoms with Crippen molar-refractivity contribution in [3.8, 4) is 11.3 Å². The van der Waals surface area contributed by atoms with Gasteiger partial charge in [0.1, 0.15) is 0 Å². The van der Waals surface area contributed by atoms with Gasteiger partial charge in [0.05, 0.1) is 5.69 Å². The van der Waals surface area contributed by atoms with Crippen LogP contribution in [-0.2, 0) is 0 Å². The van der Waals surface area contributed by atoms with Crippen molar-refractivity contribution in [2.75, 3.05) is 5.73 Å². The third-order valence-corrected chi connectivity index (χ3v) is 3.31. The van der Waals surface area contributed by atoms with Gasteiger partial charge in [-0.05, 0) is 43.5 Å². The number of nitrogen functional groups attached to an aromatic ring is 1. The minimum absolute atomic E-state index is 0. The van der Waals surface area contributed by atoms with Crippen molar-refractivity contribution < 1.29 is 0 Å². The zero-order valence-corrected chi connectivity index (χ0v) is 12.1. The second-order valence-electron chi connectivity index (χ2n) is 3.82. The minimum atomic E-state index is 0. The number of thiazole rings is 1. The van der Waals surface area contributed by atoms with Gasteiger partial charge < -0.3 is 5.73 Å². The molecule has 0 fully saturated rings. The molecule has 0 aliphatic carbocycles. The molecular weight excluding hydrogens is 284 g/mol. The maximum Gasteiger partial charge on any atom is 0.180 e. The predicted octanol–water partition coefficient (Wildman–Crippen LogP) is 3.90. The molecule has 0 saturated carbocycles. The average Bonchev–Trinajstić information content (AvgIpc) is 2.58. The summed E-state index contributed by atoms with van der Waals surface area (Å²) in [6.07, 6.45) is 0. The molecule has 0 unspecified atom stereocenters. The summed E-state index contributed by atoms with van der Waals surface area (Å²) in [4.78, 5) is 4.31. The van der Waals surface area contributed by atoms with Crippen LogP contribution in [0.25, 0.3) is 11.3 Å². The van der Waals surface area contributed by atoms with Crippen molar-refractivity contribution in [1.82, 2.24) is 4.98 Å². The number of benzene rings is 1. The predicted molar refractivity (Wildman–Crippen MR) is 76.5 cm³/mol. The number of anilines is 1. The Bertz CT molecular complexity index is 506. The Morgan fingerprint density at radius 3 is 2.25 bits per heavy atom. The Hall–Kier alpha value is -0.870. The van der Waals surface area contributed by atoms with Crippen LogP contribution in [0.1, 0.15) is 16.7 Å². The molecule has 4 heteroatoms. The monoisotopic (exact) mass is 298 g/mol. The van der Waals surface area contributed by atoms with E-state index in [1.807, 2.05) is 5.38 Å². The van der Waals surface area contributed by atoms with E-state index in [1.165, 1.54) is 33.6 Å². The van der Waals surface area contributed by atoms with E-state index in [-0.39, 0.29) is 17.0 Å². The van der Waals surface area contributed by atoms with Crippen molar-refractivity contribution in [2.24, 2.45) is 0 Å². The second-order valence-corrected chi connectivity index (χ2v) is 4.71. The highest BCUT2D eigenvalue weighted by atomic mass is 79.9. The van der Waals surface area contributed by atoms with Crippen LogP contribution >= 0.6 is 28.3 Å². The quantitative estimate of drug-likeness (QED) is 0.867. The molecule has 0 aliphatic heterocycles. The smallest absolute Gasteiger partial charge is 0.180 e. The number of halogens is 1. The molecule has 1 aromatic carbocycles. The summed E-state index contributed by atoms with van der Waals surface area (Å²) < 4.78 is 0. The molecule has 0 radical (unpaired) electrons. The summed E-state index contributed by atoms with van der Waals surface area (Å²) >= 11 is 1.48. The number of hydrogen-bond donors (Lipinski definition) is 1. The van der Waals surface area contributed by atoms with E-state index < -0.39 is 0 Å². The van der Waals surface area contributed by atoms with E-state index in [0.29, 0.717) is 5.13 Å². The maximum absolute atomic E-state index is 5.64. The van der Waals surface area contributed by atoms with E-state index in [9.17, 15) is 0 Å². The van der Waals surface area contributed by atoms with Gasteiger partial charge in [-0.3, -0.25) is 0 Å². The molecule has 0 bridgehead atoms. The Labute approximate surface area is 110 Å². The minimum Gasteiger partial charge on any atom is -0.375 e. The largest absolute Gasteiger partial charge is 0.375 e. The van der Waals surface area contributed by atoms with Gasteiger partial charge in [0.2, 0.25) is 0 Å². The van der Waals surface area contributed by atoms with Crippen LogP contribution < -0.4 is 5.73 Å². The number of nitrogens with zero attached hydrogens (tertiary/aromatic N) is 1. The molecule has 2 N–H and O–H groups in total. The van der Waals surface area contributed by atoms with Gasteiger partial charge in [0, 0.05) is 10.9 Å². The van der Waals surface area contributed by atoms with Gasteiger partial charge in [-0.25, -0.2) is 4.98 Å². The Morgan fingerprint density at radius 2 is 1.69 bits per heavy atom. The number of nitrogens with two attached hydrogens (primary N) is 1. The van der Waals surface area contributed by atoms with Crippen molar-refractivity contribution in [3.05, 3.63) is 34.2 Å². The van der Waals surface area contributed by atoms with Crippen LogP contribution in [0, 0.1) is 20.8 Å². The lowest BCUT2D eigenvalue weighted by Gasteiger charge is -2.07. The van der Waals surface area contributed by atoms with Crippen LogP contribution in [-0.4, -0.2) is 4.98 Å². The Kier molecular flexibility index (Phi) is 4.10. The second kappa shape index (κ2) is 4.97. The van der Waals surface area contributed by atoms with Crippen molar-refractivity contribution in [2.45, 2.75) is 20.8 Å². The summed E-state index contributed by atoms with van der Waals surface area (Å²) in [6.45, 7) is 6.35. The molecule has 0 amide bonds. The molecule has 0 spiro atoms. The highest BCUT2D eigenvalue weighted by Gasteiger charge is 2.07. The topological polar surface area (TPSA) is 38.9 Å². The van der Waals surface area contributed by atoms with Crippen molar-refractivity contribution in [1.29, 1.82) is 0 Å². The fourth-order valence-corrected chi connectivity index (χ4v) is 2.21. The first-order valence-corrected chi connectivity index (χ1v) is 5.75. The number of aromatic nitrogens is 1. The van der Waals surface area contributed by atoms with Gasteiger partial charge in [-0.1, -0.05) is 6.07 Å². The fraction of sp³-hybridized carbons (Fsp3) is 0.250. The molecule has 16 heavy (non-hydrogen) atoms. The molecule has 0 saturated heterocycles. The van der Waals surface area contributed by atoms with Gasteiger partial charge in [-0.2, -0.15) is 0 Å². The lowest BCUT2D eigenvalue weighted by atomic mass is 9.99. The van der Waals surface area contributed by atoms with Gasteiger partial charge in [-0.15, -0.1) is 28.3 Å². The lowest BCUT2D eigenvalue weighted by Crippen LogP contribution is -1.89. The van der Waals surface area contributed by atoms with E-state index in [0.717, 1.165) is 5.69 Å². The van der Waals surface area contributed by atoms with E-state index in [2.05, 4.69) is 37.9 Å². The molecule has 1 aromatic heterocycles. The molecule has 2 nitrogen and oxygen atoms in total. The highest BCUT2D eigenvalue weighted by Crippen LogP contribution is 2.28. The van der Waals surface area contributed by atoms with Crippen molar-refractivity contribution >= 4 is 33.4 Å². The summed E-state index contributed by atoms with van der Waals surface area (Å²) in [5.41, 5.74) is 11.7. The average molecular weight is 299 g/mol. The molecule has 2 aromatic rings. The zero-order chi connectivity index (χ0) is 11.0. The van der Waals surface area contributed by atoms with Gasteiger partial charge in [0.25, 0.3) is 0 Å². The number of hydrogen-bond acceptors (Lipinski definition) is 3.